The van der Waals surface area contributed by atoms with Crippen molar-refractivity contribution in [2.24, 2.45) is 0 Å². The van der Waals surface area contributed by atoms with Gasteiger partial charge >= 0.3 is 0 Å². The number of hydrogen-bond acceptors (Lipinski definition) is 5. The number of aromatic nitrogens is 2. The molecule has 0 aliphatic heterocycles. The minimum atomic E-state index is 0.225. The quantitative estimate of drug-likeness (QED) is 0.866. The van der Waals surface area contributed by atoms with Crippen molar-refractivity contribution < 1.29 is 4.74 Å². The maximum Gasteiger partial charge on any atom is 0.226 e. The van der Waals surface area contributed by atoms with E-state index in [4.69, 9.17) is 4.74 Å². The summed E-state index contributed by atoms with van der Waals surface area (Å²) in [6.45, 7) is 3.46. The van der Waals surface area contributed by atoms with Gasteiger partial charge < -0.3 is 15.0 Å². The van der Waals surface area contributed by atoms with Gasteiger partial charge in [-0.15, -0.1) is 0 Å². The van der Waals surface area contributed by atoms with Crippen molar-refractivity contribution in [2.75, 3.05) is 32.6 Å². The molecule has 1 fully saturated rings. The lowest BCUT2D eigenvalue weighted by atomic mass is 9.80. The Kier molecular flexibility index (Phi) is 5.17. The first-order chi connectivity index (χ1) is 9.66. The zero-order chi connectivity index (χ0) is 14.4. The summed E-state index contributed by atoms with van der Waals surface area (Å²) in [5.74, 6) is 1.29. The lowest BCUT2D eigenvalue weighted by Gasteiger charge is -2.43. The van der Waals surface area contributed by atoms with Crippen LogP contribution in [0.25, 0.3) is 0 Å². The minimum absolute atomic E-state index is 0.225. The Balaban J connectivity index is 2.00. The van der Waals surface area contributed by atoms with Gasteiger partial charge in [0, 0.05) is 24.3 Å². The zero-order valence-corrected chi connectivity index (χ0v) is 12.9. The molecule has 1 aromatic rings. The number of rotatable bonds is 6. The molecule has 0 saturated heterocycles. The van der Waals surface area contributed by atoms with Crippen molar-refractivity contribution >= 4 is 5.95 Å². The lowest BCUT2D eigenvalue weighted by Crippen LogP contribution is -2.51. The molecule has 1 heterocycles. The molecule has 0 spiro atoms. The van der Waals surface area contributed by atoms with Crippen LogP contribution in [0.2, 0.25) is 0 Å². The Morgan fingerprint density at radius 1 is 1.30 bits per heavy atom. The van der Waals surface area contributed by atoms with Gasteiger partial charge in [0.2, 0.25) is 11.8 Å². The number of nitrogens with one attached hydrogen (secondary N) is 1. The van der Waals surface area contributed by atoms with E-state index in [1.165, 1.54) is 32.1 Å². The SMILES string of the molecule is CCOc1ccnc(NCC2(N(C)C)CCCCC2)n1. The highest BCUT2D eigenvalue weighted by Crippen LogP contribution is 2.32. The third-order valence-corrected chi connectivity index (χ3v) is 4.23. The smallest absolute Gasteiger partial charge is 0.226 e. The van der Waals surface area contributed by atoms with E-state index >= 15 is 0 Å². The first kappa shape index (κ1) is 15.0. The van der Waals surface area contributed by atoms with Crippen molar-refractivity contribution in [3.05, 3.63) is 12.3 Å². The van der Waals surface area contributed by atoms with Crippen LogP contribution < -0.4 is 10.1 Å². The van der Waals surface area contributed by atoms with E-state index in [0.717, 1.165) is 6.54 Å². The van der Waals surface area contributed by atoms with Gasteiger partial charge in [-0.05, 0) is 33.9 Å². The Morgan fingerprint density at radius 3 is 2.70 bits per heavy atom. The molecule has 1 saturated carbocycles. The lowest BCUT2D eigenvalue weighted by molar-refractivity contribution is 0.113. The highest BCUT2D eigenvalue weighted by atomic mass is 16.5. The summed E-state index contributed by atoms with van der Waals surface area (Å²) in [5, 5.41) is 3.39. The van der Waals surface area contributed by atoms with E-state index in [9.17, 15) is 0 Å². The molecule has 5 nitrogen and oxygen atoms in total. The Bertz CT molecular complexity index is 416. The van der Waals surface area contributed by atoms with Crippen LogP contribution in [0.4, 0.5) is 5.95 Å². The fourth-order valence-electron chi connectivity index (χ4n) is 2.89. The van der Waals surface area contributed by atoms with Crippen molar-refractivity contribution in [1.82, 2.24) is 14.9 Å². The molecule has 0 unspecified atom stereocenters. The van der Waals surface area contributed by atoms with Gasteiger partial charge in [-0.2, -0.15) is 4.98 Å². The second kappa shape index (κ2) is 6.88. The van der Waals surface area contributed by atoms with Gasteiger partial charge in [0.1, 0.15) is 0 Å². The van der Waals surface area contributed by atoms with Crippen molar-refractivity contribution in [3.63, 3.8) is 0 Å². The van der Waals surface area contributed by atoms with Crippen LogP contribution in [0, 0.1) is 0 Å². The first-order valence-electron chi connectivity index (χ1n) is 7.53. The molecule has 20 heavy (non-hydrogen) atoms. The summed E-state index contributed by atoms with van der Waals surface area (Å²) in [7, 11) is 4.34. The monoisotopic (exact) mass is 278 g/mol. The Hall–Kier alpha value is -1.36. The maximum absolute atomic E-state index is 5.41. The Morgan fingerprint density at radius 2 is 2.05 bits per heavy atom. The van der Waals surface area contributed by atoms with E-state index < -0.39 is 0 Å². The maximum atomic E-state index is 5.41. The molecular weight excluding hydrogens is 252 g/mol. The van der Waals surface area contributed by atoms with E-state index in [0.29, 0.717) is 18.4 Å². The van der Waals surface area contributed by atoms with Crippen LogP contribution in [0.15, 0.2) is 12.3 Å². The minimum Gasteiger partial charge on any atom is -0.478 e. The first-order valence-corrected chi connectivity index (χ1v) is 7.53. The normalized spacial score (nSPS) is 18.0. The predicted molar refractivity (Wildman–Crippen MR) is 81.2 cm³/mol. The van der Waals surface area contributed by atoms with Crippen molar-refractivity contribution in [1.29, 1.82) is 0 Å². The molecular formula is C15H26N4O. The number of likely N-dealkylation sites (N-methyl/N-ethyl adjacent to an activating group) is 1. The molecule has 0 amide bonds. The summed E-state index contributed by atoms with van der Waals surface area (Å²) in [5.41, 5.74) is 0.225. The third kappa shape index (κ3) is 3.60. The molecule has 0 atom stereocenters. The van der Waals surface area contributed by atoms with E-state index in [-0.39, 0.29) is 5.54 Å². The molecule has 1 aliphatic rings. The van der Waals surface area contributed by atoms with Crippen molar-refractivity contribution in [3.8, 4) is 5.88 Å². The van der Waals surface area contributed by atoms with Crippen LogP contribution in [0.1, 0.15) is 39.0 Å². The van der Waals surface area contributed by atoms with Gasteiger partial charge in [-0.1, -0.05) is 19.3 Å². The van der Waals surface area contributed by atoms with E-state index in [1.54, 1.807) is 12.3 Å². The highest BCUT2D eigenvalue weighted by molar-refractivity contribution is 5.28. The van der Waals surface area contributed by atoms with Crippen LogP contribution in [0.3, 0.4) is 0 Å². The van der Waals surface area contributed by atoms with Crippen molar-refractivity contribution in [2.45, 2.75) is 44.6 Å². The molecule has 5 heteroatoms. The van der Waals surface area contributed by atoms with Gasteiger partial charge in [-0.25, -0.2) is 4.98 Å². The van der Waals surface area contributed by atoms with Crippen LogP contribution in [-0.4, -0.2) is 47.7 Å². The summed E-state index contributed by atoms with van der Waals surface area (Å²) in [6.07, 6.45) is 8.17. The fraction of sp³-hybridized carbons (Fsp3) is 0.733. The highest BCUT2D eigenvalue weighted by Gasteiger charge is 2.34. The zero-order valence-electron chi connectivity index (χ0n) is 12.9. The number of nitrogens with zero attached hydrogens (tertiary/aromatic N) is 3. The topological polar surface area (TPSA) is 50.3 Å². The Labute approximate surface area is 121 Å². The average molecular weight is 278 g/mol. The molecule has 0 radical (unpaired) electrons. The van der Waals surface area contributed by atoms with Gasteiger partial charge in [0.05, 0.1) is 6.61 Å². The van der Waals surface area contributed by atoms with Gasteiger partial charge in [0.25, 0.3) is 0 Å². The summed E-state index contributed by atoms with van der Waals surface area (Å²) in [4.78, 5) is 11.0. The average Bonchev–Trinajstić information content (AvgIpc) is 2.47. The molecule has 0 bridgehead atoms. The van der Waals surface area contributed by atoms with E-state index in [2.05, 4.69) is 34.3 Å². The number of hydrogen-bond donors (Lipinski definition) is 1. The standard InChI is InChI=1S/C15H26N4O/c1-4-20-13-8-11-16-14(18-13)17-12-15(19(2)3)9-6-5-7-10-15/h8,11H,4-7,9-10,12H2,1-3H3,(H,16,17,18). The number of anilines is 1. The van der Waals surface area contributed by atoms with E-state index in [1.807, 2.05) is 6.92 Å². The van der Waals surface area contributed by atoms with Crippen LogP contribution >= 0.6 is 0 Å². The fourth-order valence-corrected chi connectivity index (χ4v) is 2.89. The van der Waals surface area contributed by atoms with Crippen LogP contribution in [0.5, 0.6) is 5.88 Å². The van der Waals surface area contributed by atoms with Gasteiger partial charge in [0.15, 0.2) is 0 Å². The van der Waals surface area contributed by atoms with Gasteiger partial charge in [-0.3, -0.25) is 0 Å². The third-order valence-electron chi connectivity index (χ3n) is 4.23. The second-order valence-electron chi connectivity index (χ2n) is 5.68. The predicted octanol–water partition coefficient (Wildman–Crippen LogP) is 2.55. The largest absolute Gasteiger partial charge is 0.478 e. The molecule has 1 aliphatic carbocycles. The van der Waals surface area contributed by atoms with Crippen LogP contribution in [-0.2, 0) is 0 Å². The second-order valence-corrected chi connectivity index (χ2v) is 5.68. The summed E-state index contributed by atoms with van der Waals surface area (Å²) >= 11 is 0. The summed E-state index contributed by atoms with van der Waals surface area (Å²) in [6, 6.07) is 1.79. The molecule has 1 N–H and O–H groups in total. The molecule has 0 aromatic carbocycles. The molecule has 1 aromatic heterocycles. The molecule has 2 rings (SSSR count). The summed E-state index contributed by atoms with van der Waals surface area (Å²) < 4.78 is 5.41. The molecule has 112 valence electrons. The number of ether oxygens (including phenoxy) is 1.